The molecular formula is C24H26FN3O2S. The van der Waals surface area contributed by atoms with Crippen molar-refractivity contribution in [3.05, 3.63) is 70.5 Å². The third kappa shape index (κ3) is 5.29. The topological polar surface area (TPSA) is 45.7 Å². The largest absolute Gasteiger partial charge is 0.494 e. The van der Waals surface area contributed by atoms with Gasteiger partial charge in [-0.3, -0.25) is 9.69 Å². The highest BCUT2D eigenvalue weighted by Crippen LogP contribution is 2.25. The average molecular weight is 440 g/mol. The number of aromatic nitrogens is 1. The van der Waals surface area contributed by atoms with Crippen LogP contribution < -0.4 is 4.74 Å². The maximum absolute atomic E-state index is 13.9. The summed E-state index contributed by atoms with van der Waals surface area (Å²) in [4.78, 5) is 21.6. The fourth-order valence-corrected chi connectivity index (χ4v) is 4.60. The molecule has 0 N–H and O–H groups in total. The predicted octanol–water partition coefficient (Wildman–Crippen LogP) is 4.15. The minimum absolute atomic E-state index is 0.108. The van der Waals surface area contributed by atoms with E-state index in [9.17, 15) is 9.18 Å². The fourth-order valence-electron chi connectivity index (χ4n) is 3.79. The quantitative estimate of drug-likeness (QED) is 0.579. The van der Waals surface area contributed by atoms with E-state index in [1.54, 1.807) is 17.4 Å². The van der Waals surface area contributed by atoms with Crippen LogP contribution >= 0.6 is 11.3 Å². The van der Waals surface area contributed by atoms with E-state index in [1.165, 1.54) is 18.7 Å². The number of benzene rings is 2. The van der Waals surface area contributed by atoms with E-state index < -0.39 is 0 Å². The lowest BCUT2D eigenvalue weighted by Crippen LogP contribution is -2.48. The first-order valence-electron chi connectivity index (χ1n) is 10.4. The smallest absolute Gasteiger partial charge is 0.228 e. The van der Waals surface area contributed by atoms with E-state index in [1.807, 2.05) is 28.5 Å². The highest BCUT2D eigenvalue weighted by molar-refractivity contribution is 7.13. The van der Waals surface area contributed by atoms with Gasteiger partial charge in [-0.2, -0.15) is 0 Å². The van der Waals surface area contributed by atoms with Gasteiger partial charge in [0.05, 0.1) is 19.2 Å². The van der Waals surface area contributed by atoms with Gasteiger partial charge in [0.15, 0.2) is 11.6 Å². The summed E-state index contributed by atoms with van der Waals surface area (Å²) in [6, 6.07) is 13.3. The van der Waals surface area contributed by atoms with Crippen molar-refractivity contribution in [1.82, 2.24) is 14.8 Å². The number of nitrogens with zero attached hydrogens (tertiary/aromatic N) is 3. The van der Waals surface area contributed by atoms with Crippen LogP contribution in [-0.2, 0) is 17.8 Å². The first-order valence-corrected chi connectivity index (χ1v) is 11.2. The minimum Gasteiger partial charge on any atom is -0.494 e. The zero-order chi connectivity index (χ0) is 21.8. The van der Waals surface area contributed by atoms with E-state index in [0.717, 1.165) is 34.9 Å². The standard InChI is InChI=1S/C24H26FN3O2S/c1-17-4-3-5-19(12-17)24-26-20(16-31-24)14-23(29)28-10-8-27(9-11-28)15-18-6-7-22(30-2)21(25)13-18/h3-7,12-13,16H,8-11,14-15H2,1-2H3. The molecule has 7 heteroatoms. The number of hydrogen-bond acceptors (Lipinski definition) is 5. The molecule has 2 heterocycles. The molecule has 1 aliphatic rings. The van der Waals surface area contributed by atoms with Gasteiger partial charge < -0.3 is 9.64 Å². The van der Waals surface area contributed by atoms with Crippen molar-refractivity contribution < 1.29 is 13.9 Å². The number of piperazine rings is 1. The molecule has 0 bridgehead atoms. The molecule has 1 fully saturated rings. The molecule has 0 spiro atoms. The van der Waals surface area contributed by atoms with Crippen LogP contribution in [-0.4, -0.2) is 54.0 Å². The van der Waals surface area contributed by atoms with Crippen molar-refractivity contribution in [1.29, 1.82) is 0 Å². The number of rotatable bonds is 6. The molecule has 0 radical (unpaired) electrons. The SMILES string of the molecule is COc1ccc(CN2CCN(C(=O)Cc3csc(-c4cccc(C)c4)n3)CC2)cc1F. The Labute approximate surface area is 186 Å². The third-order valence-corrected chi connectivity index (χ3v) is 6.44. The molecule has 1 aliphatic heterocycles. The number of aryl methyl sites for hydroxylation is 1. The van der Waals surface area contributed by atoms with Gasteiger partial charge in [0.25, 0.3) is 0 Å². The van der Waals surface area contributed by atoms with E-state index in [0.29, 0.717) is 26.1 Å². The van der Waals surface area contributed by atoms with Crippen molar-refractivity contribution in [2.24, 2.45) is 0 Å². The van der Waals surface area contributed by atoms with E-state index in [2.05, 4.69) is 28.9 Å². The normalized spacial score (nSPS) is 14.6. The molecule has 3 aromatic rings. The Bertz CT molecular complexity index is 1060. The number of carbonyl (C=O) groups is 1. The van der Waals surface area contributed by atoms with Gasteiger partial charge in [-0.15, -0.1) is 11.3 Å². The van der Waals surface area contributed by atoms with Crippen LogP contribution in [0.2, 0.25) is 0 Å². The Balaban J connectivity index is 1.29. The Kier molecular flexibility index (Phi) is 6.63. The molecule has 5 nitrogen and oxygen atoms in total. The number of thiazole rings is 1. The molecule has 162 valence electrons. The summed E-state index contributed by atoms with van der Waals surface area (Å²) in [5.41, 5.74) is 4.01. The summed E-state index contributed by atoms with van der Waals surface area (Å²) in [6.45, 7) is 5.61. The second-order valence-electron chi connectivity index (χ2n) is 7.82. The van der Waals surface area contributed by atoms with Crippen molar-refractivity contribution in [2.45, 2.75) is 19.9 Å². The molecule has 31 heavy (non-hydrogen) atoms. The highest BCUT2D eigenvalue weighted by Gasteiger charge is 2.22. The molecule has 0 unspecified atom stereocenters. The van der Waals surface area contributed by atoms with Crippen LogP contribution in [0.5, 0.6) is 5.75 Å². The van der Waals surface area contributed by atoms with Crippen molar-refractivity contribution in [3.8, 4) is 16.3 Å². The maximum atomic E-state index is 13.9. The Hall–Kier alpha value is -2.77. The molecule has 4 rings (SSSR count). The molecule has 1 saturated heterocycles. The first-order chi connectivity index (χ1) is 15.0. The zero-order valence-electron chi connectivity index (χ0n) is 17.8. The van der Waals surface area contributed by atoms with E-state index >= 15 is 0 Å². The van der Waals surface area contributed by atoms with Gasteiger partial charge in [0, 0.05) is 43.7 Å². The zero-order valence-corrected chi connectivity index (χ0v) is 18.6. The summed E-state index contributed by atoms with van der Waals surface area (Å²) in [5.74, 6) is 0.0186. The lowest BCUT2D eigenvalue weighted by atomic mass is 10.1. The second-order valence-corrected chi connectivity index (χ2v) is 8.67. The van der Waals surface area contributed by atoms with Crippen LogP contribution in [0.1, 0.15) is 16.8 Å². The number of methoxy groups -OCH3 is 1. The van der Waals surface area contributed by atoms with E-state index in [4.69, 9.17) is 4.74 Å². The van der Waals surface area contributed by atoms with Gasteiger partial charge in [-0.1, -0.05) is 29.8 Å². The van der Waals surface area contributed by atoms with Crippen LogP contribution in [0.15, 0.2) is 47.8 Å². The Morgan fingerprint density at radius 2 is 1.97 bits per heavy atom. The summed E-state index contributed by atoms with van der Waals surface area (Å²) in [7, 11) is 1.46. The van der Waals surface area contributed by atoms with Gasteiger partial charge in [0.1, 0.15) is 5.01 Å². The second kappa shape index (κ2) is 9.58. The van der Waals surface area contributed by atoms with E-state index in [-0.39, 0.29) is 17.5 Å². The molecule has 1 amide bonds. The van der Waals surface area contributed by atoms with Crippen LogP contribution in [0.3, 0.4) is 0 Å². The van der Waals surface area contributed by atoms with Crippen molar-refractivity contribution >= 4 is 17.2 Å². The molecule has 0 saturated carbocycles. The molecule has 0 aliphatic carbocycles. The molecular weight excluding hydrogens is 413 g/mol. The number of halogens is 1. The summed E-state index contributed by atoms with van der Waals surface area (Å²) >= 11 is 1.58. The van der Waals surface area contributed by atoms with Crippen molar-refractivity contribution in [3.63, 3.8) is 0 Å². The predicted molar refractivity (Wildman–Crippen MR) is 121 cm³/mol. The molecule has 0 atom stereocenters. The average Bonchev–Trinajstić information content (AvgIpc) is 3.23. The molecule has 1 aromatic heterocycles. The minimum atomic E-state index is -0.345. The fraction of sp³-hybridized carbons (Fsp3) is 0.333. The summed E-state index contributed by atoms with van der Waals surface area (Å²) in [5, 5.41) is 2.92. The summed E-state index contributed by atoms with van der Waals surface area (Å²) < 4.78 is 18.9. The maximum Gasteiger partial charge on any atom is 0.228 e. The lowest BCUT2D eigenvalue weighted by Gasteiger charge is -2.34. The summed E-state index contributed by atoms with van der Waals surface area (Å²) in [6.07, 6.45) is 0.325. The third-order valence-electron chi connectivity index (χ3n) is 5.50. The monoisotopic (exact) mass is 439 g/mol. The Morgan fingerprint density at radius 1 is 1.16 bits per heavy atom. The Morgan fingerprint density at radius 3 is 2.68 bits per heavy atom. The first kappa shape index (κ1) is 21.5. The van der Waals surface area contributed by atoms with Crippen LogP contribution in [0, 0.1) is 12.7 Å². The van der Waals surface area contributed by atoms with Gasteiger partial charge in [-0.05, 0) is 30.7 Å². The number of ether oxygens (including phenoxy) is 1. The lowest BCUT2D eigenvalue weighted by molar-refractivity contribution is -0.132. The van der Waals surface area contributed by atoms with Gasteiger partial charge in [-0.25, -0.2) is 9.37 Å². The van der Waals surface area contributed by atoms with Crippen molar-refractivity contribution in [2.75, 3.05) is 33.3 Å². The van der Waals surface area contributed by atoms with Gasteiger partial charge >= 0.3 is 0 Å². The number of amides is 1. The van der Waals surface area contributed by atoms with Crippen LogP contribution in [0.4, 0.5) is 4.39 Å². The number of carbonyl (C=O) groups excluding carboxylic acids is 1. The highest BCUT2D eigenvalue weighted by atomic mass is 32.1. The van der Waals surface area contributed by atoms with Crippen LogP contribution in [0.25, 0.3) is 10.6 Å². The van der Waals surface area contributed by atoms with Gasteiger partial charge in [0.2, 0.25) is 5.91 Å². The number of hydrogen-bond donors (Lipinski definition) is 0. The molecule has 2 aromatic carbocycles.